The number of guanidine groups is 1. The molecule has 2 aromatic carbocycles. The number of nitro groups is 1. The van der Waals surface area contributed by atoms with E-state index in [1.54, 1.807) is 18.2 Å². The Hall–Kier alpha value is -3.82. The number of nitrogens with one attached hydrogen (secondary N) is 1. The number of non-ortho nitro benzene ring substituents is 1. The maximum Gasteiger partial charge on any atom is 0.269 e. The highest BCUT2D eigenvalue weighted by molar-refractivity contribution is 6.07. The number of nitro benzene ring substituents is 1. The SMILES string of the molecule is COc1cc(C[C@@]2(c3cccc([N+](=O)[O-])c3)N=C(N)NC2=O)cc(OC)c1OC. The molecule has 10 heteroatoms. The molecule has 1 aliphatic heterocycles. The van der Waals surface area contributed by atoms with Crippen molar-refractivity contribution in [1.29, 1.82) is 0 Å². The highest BCUT2D eigenvalue weighted by Crippen LogP contribution is 2.41. The van der Waals surface area contributed by atoms with Crippen LogP contribution in [0.3, 0.4) is 0 Å². The van der Waals surface area contributed by atoms with E-state index < -0.39 is 16.4 Å². The van der Waals surface area contributed by atoms with E-state index in [4.69, 9.17) is 19.9 Å². The Balaban J connectivity index is 2.15. The molecule has 0 bridgehead atoms. The lowest BCUT2D eigenvalue weighted by Gasteiger charge is -2.24. The summed E-state index contributed by atoms with van der Waals surface area (Å²) >= 11 is 0. The number of benzene rings is 2. The van der Waals surface area contributed by atoms with Gasteiger partial charge in [0.05, 0.1) is 26.3 Å². The average Bonchev–Trinajstić information content (AvgIpc) is 3.00. The Bertz CT molecular complexity index is 981. The van der Waals surface area contributed by atoms with E-state index in [0.29, 0.717) is 28.4 Å². The summed E-state index contributed by atoms with van der Waals surface area (Å²) in [5.41, 5.74) is 5.12. The van der Waals surface area contributed by atoms with E-state index in [0.717, 1.165) is 0 Å². The number of rotatable bonds is 7. The van der Waals surface area contributed by atoms with Crippen LogP contribution in [0.4, 0.5) is 5.69 Å². The van der Waals surface area contributed by atoms with Crippen LogP contribution in [-0.2, 0) is 16.8 Å². The van der Waals surface area contributed by atoms with Crippen molar-refractivity contribution < 1.29 is 23.9 Å². The van der Waals surface area contributed by atoms with Crippen molar-refractivity contribution in [2.45, 2.75) is 12.0 Å². The zero-order chi connectivity index (χ0) is 21.2. The summed E-state index contributed by atoms with van der Waals surface area (Å²) < 4.78 is 16.1. The largest absolute Gasteiger partial charge is 0.493 e. The molecule has 1 heterocycles. The van der Waals surface area contributed by atoms with Crippen LogP contribution in [0.15, 0.2) is 41.4 Å². The van der Waals surface area contributed by atoms with Crippen LogP contribution in [0.1, 0.15) is 11.1 Å². The number of carbonyl (C=O) groups is 1. The molecular weight excluding hydrogens is 380 g/mol. The van der Waals surface area contributed by atoms with Gasteiger partial charge in [-0.05, 0) is 23.3 Å². The summed E-state index contributed by atoms with van der Waals surface area (Å²) in [4.78, 5) is 27.9. The quantitative estimate of drug-likeness (QED) is 0.530. The Morgan fingerprint density at radius 2 is 1.79 bits per heavy atom. The molecule has 0 fully saturated rings. The number of amides is 1. The molecule has 2 aromatic rings. The number of aliphatic imine (C=N–C) groups is 1. The fraction of sp³-hybridized carbons (Fsp3) is 0.263. The van der Waals surface area contributed by atoms with Crippen LogP contribution in [0, 0.1) is 10.1 Å². The van der Waals surface area contributed by atoms with E-state index >= 15 is 0 Å². The second-order valence-electron chi connectivity index (χ2n) is 6.33. The van der Waals surface area contributed by atoms with E-state index in [9.17, 15) is 14.9 Å². The van der Waals surface area contributed by atoms with Gasteiger partial charge in [0.25, 0.3) is 11.6 Å². The van der Waals surface area contributed by atoms with E-state index in [2.05, 4.69) is 10.3 Å². The normalized spacial score (nSPS) is 18.0. The summed E-state index contributed by atoms with van der Waals surface area (Å²) in [6.07, 6.45) is 0.0669. The van der Waals surface area contributed by atoms with Crippen molar-refractivity contribution in [3.63, 3.8) is 0 Å². The summed E-state index contributed by atoms with van der Waals surface area (Å²) in [7, 11) is 4.45. The lowest BCUT2D eigenvalue weighted by atomic mass is 9.83. The van der Waals surface area contributed by atoms with Crippen molar-refractivity contribution in [2.75, 3.05) is 21.3 Å². The van der Waals surface area contributed by atoms with Gasteiger partial charge < -0.3 is 19.9 Å². The Morgan fingerprint density at radius 3 is 2.28 bits per heavy atom. The van der Waals surface area contributed by atoms with Crippen LogP contribution >= 0.6 is 0 Å². The fourth-order valence-electron chi connectivity index (χ4n) is 3.33. The number of methoxy groups -OCH3 is 3. The first-order valence-electron chi connectivity index (χ1n) is 8.55. The predicted molar refractivity (Wildman–Crippen MR) is 104 cm³/mol. The Kier molecular flexibility index (Phi) is 5.26. The maximum atomic E-state index is 12.9. The zero-order valence-corrected chi connectivity index (χ0v) is 16.1. The summed E-state index contributed by atoms with van der Waals surface area (Å²) in [6.45, 7) is 0. The molecule has 0 saturated heterocycles. The van der Waals surface area contributed by atoms with Crippen molar-refractivity contribution in [2.24, 2.45) is 10.7 Å². The Labute approximate surface area is 166 Å². The van der Waals surface area contributed by atoms with E-state index in [-0.39, 0.29) is 18.1 Å². The van der Waals surface area contributed by atoms with E-state index in [1.165, 1.54) is 39.5 Å². The predicted octanol–water partition coefficient (Wildman–Crippen LogP) is 1.50. The molecule has 0 radical (unpaired) electrons. The number of nitrogens with two attached hydrogens (primary N) is 1. The molecule has 3 rings (SSSR count). The first-order valence-corrected chi connectivity index (χ1v) is 8.55. The summed E-state index contributed by atoms with van der Waals surface area (Å²) in [5, 5.41) is 13.7. The zero-order valence-electron chi connectivity index (χ0n) is 16.1. The molecule has 0 aromatic heterocycles. The molecule has 1 amide bonds. The standard InChI is InChI=1S/C19H20N4O6/c1-27-14-7-11(8-15(28-2)16(14)29-3)10-19(17(24)21-18(20)22-19)12-5-4-6-13(9-12)23(25)26/h4-9H,10H2,1-3H3,(H3,20,21,22,24)/t19-/m0/s1. The van der Waals surface area contributed by atoms with Crippen LogP contribution in [0.2, 0.25) is 0 Å². The number of carbonyl (C=O) groups excluding carboxylic acids is 1. The van der Waals surface area contributed by atoms with Crippen molar-refractivity contribution in [3.8, 4) is 17.2 Å². The maximum absolute atomic E-state index is 12.9. The first kappa shape index (κ1) is 19.9. The number of nitrogens with zero attached hydrogens (tertiary/aromatic N) is 2. The van der Waals surface area contributed by atoms with Gasteiger partial charge in [-0.15, -0.1) is 0 Å². The van der Waals surface area contributed by atoms with Crippen LogP contribution in [0.25, 0.3) is 0 Å². The van der Waals surface area contributed by atoms with Gasteiger partial charge in [-0.3, -0.25) is 20.2 Å². The van der Waals surface area contributed by atoms with Gasteiger partial charge in [0.1, 0.15) is 0 Å². The van der Waals surface area contributed by atoms with Gasteiger partial charge in [-0.2, -0.15) is 0 Å². The summed E-state index contributed by atoms with van der Waals surface area (Å²) in [5.74, 6) is 0.679. The minimum absolute atomic E-state index is 0.0612. The molecule has 0 saturated carbocycles. The van der Waals surface area contributed by atoms with Gasteiger partial charge in [-0.25, -0.2) is 4.99 Å². The highest BCUT2D eigenvalue weighted by atomic mass is 16.6. The second-order valence-corrected chi connectivity index (χ2v) is 6.33. The van der Waals surface area contributed by atoms with Crippen LogP contribution < -0.4 is 25.3 Å². The van der Waals surface area contributed by atoms with Gasteiger partial charge in [0.15, 0.2) is 23.0 Å². The smallest absolute Gasteiger partial charge is 0.269 e. The van der Waals surface area contributed by atoms with Crippen molar-refractivity contribution >= 4 is 17.6 Å². The van der Waals surface area contributed by atoms with Gasteiger partial charge in [-0.1, -0.05) is 12.1 Å². The molecule has 0 spiro atoms. The molecular formula is C19H20N4O6. The minimum Gasteiger partial charge on any atom is -0.493 e. The third-order valence-corrected chi connectivity index (χ3v) is 4.65. The number of hydrogen-bond donors (Lipinski definition) is 2. The minimum atomic E-state index is -1.47. The van der Waals surface area contributed by atoms with Crippen molar-refractivity contribution in [3.05, 3.63) is 57.6 Å². The second kappa shape index (κ2) is 7.66. The molecule has 10 nitrogen and oxygen atoms in total. The van der Waals surface area contributed by atoms with E-state index in [1.807, 2.05) is 0 Å². The molecule has 0 aliphatic carbocycles. The van der Waals surface area contributed by atoms with Crippen LogP contribution in [-0.4, -0.2) is 38.1 Å². The van der Waals surface area contributed by atoms with Gasteiger partial charge in [0, 0.05) is 18.6 Å². The third kappa shape index (κ3) is 3.51. The summed E-state index contributed by atoms with van der Waals surface area (Å²) in [6, 6.07) is 9.15. The highest BCUT2D eigenvalue weighted by Gasteiger charge is 2.45. The molecule has 152 valence electrons. The average molecular weight is 400 g/mol. The molecule has 29 heavy (non-hydrogen) atoms. The molecule has 3 N–H and O–H groups in total. The van der Waals surface area contributed by atoms with Crippen LogP contribution in [0.5, 0.6) is 17.2 Å². The fourth-order valence-corrected chi connectivity index (χ4v) is 3.33. The lowest BCUT2D eigenvalue weighted by Crippen LogP contribution is -2.40. The Morgan fingerprint density at radius 1 is 1.14 bits per heavy atom. The third-order valence-electron chi connectivity index (χ3n) is 4.65. The number of ether oxygens (including phenoxy) is 3. The van der Waals surface area contributed by atoms with Gasteiger partial charge >= 0.3 is 0 Å². The van der Waals surface area contributed by atoms with Crippen molar-refractivity contribution in [1.82, 2.24) is 5.32 Å². The van der Waals surface area contributed by atoms with Gasteiger partial charge in [0.2, 0.25) is 5.75 Å². The molecule has 0 unspecified atom stereocenters. The molecule has 1 atom stereocenters. The lowest BCUT2D eigenvalue weighted by molar-refractivity contribution is -0.384. The molecule has 1 aliphatic rings. The number of hydrogen-bond acceptors (Lipinski definition) is 8. The first-order chi connectivity index (χ1) is 13.8. The topological polar surface area (TPSA) is 138 Å². The monoisotopic (exact) mass is 400 g/mol.